The van der Waals surface area contributed by atoms with E-state index in [1.807, 2.05) is 35.1 Å². The first-order valence-electron chi connectivity index (χ1n) is 11.5. The average Bonchev–Trinajstić information content (AvgIpc) is 3.26. The second kappa shape index (κ2) is 7.47. The Kier molecular flexibility index (Phi) is 4.53. The molecule has 0 unspecified atom stereocenters. The highest BCUT2D eigenvalue weighted by Gasteiger charge is 2.44. The number of pyridine rings is 1. The summed E-state index contributed by atoms with van der Waals surface area (Å²) < 4.78 is 9.28. The summed E-state index contributed by atoms with van der Waals surface area (Å²) in [5.74, 6) is 0.915. The molecule has 4 aromatic rings. The summed E-state index contributed by atoms with van der Waals surface area (Å²) in [6.45, 7) is 0. The fourth-order valence-electron chi connectivity index (χ4n) is 5.10. The lowest BCUT2D eigenvalue weighted by Gasteiger charge is -2.29. The Labute approximate surface area is 191 Å². The van der Waals surface area contributed by atoms with Crippen LogP contribution in [0.4, 0.5) is 5.95 Å². The minimum atomic E-state index is -0.187. The predicted octanol–water partition coefficient (Wildman–Crippen LogP) is 3.55. The van der Waals surface area contributed by atoms with E-state index in [1.165, 1.54) is 38.5 Å². The molecule has 9 nitrogen and oxygen atoms in total. The summed E-state index contributed by atoms with van der Waals surface area (Å²) in [6.07, 6.45) is 13.1. The first-order chi connectivity index (χ1) is 16.1. The van der Waals surface area contributed by atoms with Gasteiger partial charge in [0, 0.05) is 36.6 Å². The van der Waals surface area contributed by atoms with Crippen LogP contribution in [0.25, 0.3) is 22.3 Å². The lowest BCUT2D eigenvalue weighted by atomic mass is 9.83. The van der Waals surface area contributed by atoms with Gasteiger partial charge in [-0.15, -0.1) is 5.10 Å². The van der Waals surface area contributed by atoms with Gasteiger partial charge in [0.05, 0.1) is 13.3 Å². The number of aromatic nitrogens is 5. The Hall–Kier alpha value is -3.62. The normalized spacial score (nSPS) is 17.5. The Morgan fingerprint density at radius 3 is 2.73 bits per heavy atom. The zero-order chi connectivity index (χ0) is 22.6. The van der Waals surface area contributed by atoms with E-state index in [4.69, 9.17) is 9.84 Å². The molecule has 4 aromatic heterocycles. The fourth-order valence-corrected chi connectivity index (χ4v) is 5.10. The van der Waals surface area contributed by atoms with Gasteiger partial charge < -0.3 is 15.4 Å². The molecule has 2 N–H and O–H groups in total. The van der Waals surface area contributed by atoms with Gasteiger partial charge in [0.15, 0.2) is 0 Å². The molecule has 2 aliphatic rings. The molecule has 2 fully saturated rings. The smallest absolute Gasteiger partial charge is 0.269 e. The van der Waals surface area contributed by atoms with Crippen LogP contribution in [0.1, 0.15) is 49.0 Å². The van der Waals surface area contributed by atoms with E-state index in [9.17, 15) is 4.79 Å². The zero-order valence-corrected chi connectivity index (χ0v) is 18.8. The number of hydrogen-bond acceptors (Lipinski definition) is 6. The quantitative estimate of drug-likeness (QED) is 0.488. The highest BCUT2D eigenvalue weighted by atomic mass is 16.5. The number of nitrogens with zero attached hydrogens (tertiary/aromatic N) is 5. The van der Waals surface area contributed by atoms with E-state index >= 15 is 0 Å². The van der Waals surface area contributed by atoms with Crippen LogP contribution in [0.15, 0.2) is 36.8 Å². The number of rotatable bonds is 5. The molecule has 1 amide bonds. The van der Waals surface area contributed by atoms with Crippen molar-refractivity contribution >= 4 is 23.0 Å². The molecule has 0 aliphatic heterocycles. The first-order valence-corrected chi connectivity index (χ1v) is 11.5. The van der Waals surface area contributed by atoms with Crippen LogP contribution in [0.3, 0.4) is 0 Å². The van der Waals surface area contributed by atoms with E-state index < -0.39 is 0 Å². The SMILES string of the molecule is CNC(=O)c1cnc2ccc(-c3ccn4nc(NC5CCC6(CC5)CC6)nc(OC)c34)cn12. The lowest BCUT2D eigenvalue weighted by Crippen LogP contribution is -2.28. The van der Waals surface area contributed by atoms with Crippen molar-refractivity contribution in [1.82, 2.24) is 29.3 Å². The number of carbonyl (C=O) groups is 1. The number of fused-ring (bicyclic) bond motifs is 2. The third-order valence-corrected chi connectivity index (χ3v) is 7.29. The molecule has 0 radical (unpaired) electrons. The number of nitrogens with one attached hydrogen (secondary N) is 2. The second-order valence-electron chi connectivity index (χ2n) is 9.25. The molecule has 0 atom stereocenters. The van der Waals surface area contributed by atoms with Gasteiger partial charge in [-0.3, -0.25) is 9.20 Å². The van der Waals surface area contributed by atoms with Crippen molar-refractivity contribution in [3.63, 3.8) is 0 Å². The van der Waals surface area contributed by atoms with Gasteiger partial charge in [0.1, 0.15) is 16.9 Å². The van der Waals surface area contributed by atoms with Crippen molar-refractivity contribution < 1.29 is 9.53 Å². The molecule has 2 saturated carbocycles. The maximum Gasteiger partial charge on any atom is 0.269 e. The summed E-state index contributed by atoms with van der Waals surface area (Å²) in [5.41, 5.74) is 4.46. The number of ether oxygens (including phenoxy) is 1. The summed E-state index contributed by atoms with van der Waals surface area (Å²) in [4.78, 5) is 21.2. The molecule has 1 spiro atoms. The van der Waals surface area contributed by atoms with Crippen molar-refractivity contribution in [2.24, 2.45) is 5.41 Å². The van der Waals surface area contributed by atoms with Crippen molar-refractivity contribution in [3.05, 3.63) is 42.5 Å². The highest BCUT2D eigenvalue weighted by molar-refractivity contribution is 5.93. The lowest BCUT2D eigenvalue weighted by molar-refractivity contribution is 0.0957. The molecule has 33 heavy (non-hydrogen) atoms. The third kappa shape index (κ3) is 3.39. The summed E-state index contributed by atoms with van der Waals surface area (Å²) in [6, 6.07) is 6.27. The Morgan fingerprint density at radius 1 is 1.18 bits per heavy atom. The van der Waals surface area contributed by atoms with Crippen LogP contribution >= 0.6 is 0 Å². The monoisotopic (exact) mass is 445 g/mol. The Balaban J connectivity index is 1.35. The Bertz CT molecular complexity index is 1360. The van der Waals surface area contributed by atoms with E-state index in [0.29, 0.717) is 34.6 Å². The van der Waals surface area contributed by atoms with Crippen LogP contribution in [-0.4, -0.2) is 50.1 Å². The first kappa shape index (κ1) is 20.0. The summed E-state index contributed by atoms with van der Waals surface area (Å²) >= 11 is 0. The number of hydrogen-bond donors (Lipinski definition) is 2. The number of methoxy groups -OCH3 is 1. The zero-order valence-electron chi connectivity index (χ0n) is 18.8. The number of amides is 1. The molecule has 0 aromatic carbocycles. The van der Waals surface area contributed by atoms with Gasteiger partial charge in [-0.2, -0.15) is 4.98 Å². The molecule has 0 saturated heterocycles. The molecular weight excluding hydrogens is 418 g/mol. The molecule has 9 heteroatoms. The average molecular weight is 446 g/mol. The third-order valence-electron chi connectivity index (χ3n) is 7.29. The summed E-state index contributed by atoms with van der Waals surface area (Å²) in [5, 5.41) is 10.9. The molecule has 6 rings (SSSR count). The van der Waals surface area contributed by atoms with Crippen LogP contribution in [-0.2, 0) is 0 Å². The minimum absolute atomic E-state index is 0.187. The highest BCUT2D eigenvalue weighted by Crippen LogP contribution is 2.56. The van der Waals surface area contributed by atoms with Crippen molar-refractivity contribution in [2.75, 3.05) is 19.5 Å². The van der Waals surface area contributed by atoms with Crippen molar-refractivity contribution in [3.8, 4) is 17.0 Å². The fraction of sp³-hybridized carbons (Fsp3) is 0.417. The van der Waals surface area contributed by atoms with Gasteiger partial charge in [-0.1, -0.05) is 0 Å². The van der Waals surface area contributed by atoms with Crippen molar-refractivity contribution in [1.29, 1.82) is 0 Å². The second-order valence-corrected chi connectivity index (χ2v) is 9.25. The maximum atomic E-state index is 12.2. The van der Waals surface area contributed by atoms with Gasteiger partial charge >= 0.3 is 0 Å². The van der Waals surface area contributed by atoms with Crippen LogP contribution in [0, 0.1) is 5.41 Å². The Morgan fingerprint density at radius 2 is 2.00 bits per heavy atom. The van der Waals surface area contributed by atoms with Crippen LogP contribution in [0.5, 0.6) is 5.88 Å². The number of carbonyl (C=O) groups excluding carboxylic acids is 1. The van der Waals surface area contributed by atoms with E-state index in [-0.39, 0.29) is 5.91 Å². The number of imidazole rings is 1. The van der Waals surface area contributed by atoms with Crippen molar-refractivity contribution in [2.45, 2.75) is 44.6 Å². The molecule has 0 bridgehead atoms. The van der Waals surface area contributed by atoms with Crippen LogP contribution in [0.2, 0.25) is 0 Å². The minimum Gasteiger partial charge on any atom is -0.479 e. The standard InChI is InChI=1S/C24H27N7O2/c1-25-21(32)18-13-26-19-4-3-15(14-30(18)19)17-7-12-31-20(17)22(33-2)28-23(29-31)27-16-5-8-24(9-6-16)10-11-24/h3-4,7,12-14,16H,5-6,8-11H2,1-2H3,(H,25,32)(H,27,29). The molecule has 4 heterocycles. The van der Waals surface area contributed by atoms with Gasteiger partial charge in [-0.05, 0) is 62.1 Å². The predicted molar refractivity (Wildman–Crippen MR) is 125 cm³/mol. The van der Waals surface area contributed by atoms with E-state index in [2.05, 4.69) is 20.6 Å². The topological polar surface area (TPSA) is 97.9 Å². The largest absolute Gasteiger partial charge is 0.479 e. The molecule has 2 aliphatic carbocycles. The molecule has 170 valence electrons. The number of anilines is 1. The van der Waals surface area contributed by atoms with E-state index in [1.54, 1.807) is 24.8 Å². The summed E-state index contributed by atoms with van der Waals surface area (Å²) in [7, 11) is 3.24. The van der Waals surface area contributed by atoms with Crippen LogP contribution < -0.4 is 15.4 Å². The molecular formula is C24H27N7O2. The van der Waals surface area contributed by atoms with Gasteiger partial charge in [0.2, 0.25) is 11.8 Å². The van der Waals surface area contributed by atoms with Gasteiger partial charge in [-0.25, -0.2) is 9.50 Å². The maximum absolute atomic E-state index is 12.2. The van der Waals surface area contributed by atoms with E-state index in [0.717, 1.165) is 16.6 Å². The van der Waals surface area contributed by atoms with Gasteiger partial charge in [0.25, 0.3) is 5.91 Å².